The summed E-state index contributed by atoms with van der Waals surface area (Å²) in [6.45, 7) is 2.33. The molecule has 2 aliphatic rings. The standard InChI is InChI=1S/C19H21N3OS/c1-18-10-13-8-9-21-16(23-2)15(13)11-19(18,22-17(20)24-12-18)14-6-4-3-5-7-14/h3-9H,10-12H2,1-2H3,(H2,20,22)/t18-,19+/m0/s1. The summed E-state index contributed by atoms with van der Waals surface area (Å²) < 4.78 is 5.54. The molecule has 2 N–H and O–H groups in total. The van der Waals surface area contributed by atoms with Crippen molar-refractivity contribution in [2.45, 2.75) is 25.3 Å². The van der Waals surface area contributed by atoms with Crippen LogP contribution < -0.4 is 10.5 Å². The monoisotopic (exact) mass is 339 g/mol. The first-order valence-electron chi connectivity index (χ1n) is 8.12. The summed E-state index contributed by atoms with van der Waals surface area (Å²) in [5.74, 6) is 1.67. The van der Waals surface area contributed by atoms with Crippen LogP contribution in [-0.4, -0.2) is 23.0 Å². The number of hydrogen-bond donors (Lipinski definition) is 1. The van der Waals surface area contributed by atoms with Gasteiger partial charge in [-0.3, -0.25) is 4.99 Å². The number of amidine groups is 1. The van der Waals surface area contributed by atoms with Crippen LogP contribution in [0.5, 0.6) is 5.88 Å². The van der Waals surface area contributed by atoms with Crippen molar-refractivity contribution in [3.05, 3.63) is 59.3 Å². The summed E-state index contributed by atoms with van der Waals surface area (Å²) in [7, 11) is 1.68. The molecule has 2 heterocycles. The number of ether oxygens (including phenoxy) is 1. The maximum absolute atomic E-state index is 6.18. The Kier molecular flexibility index (Phi) is 3.57. The largest absolute Gasteiger partial charge is 0.481 e. The van der Waals surface area contributed by atoms with Gasteiger partial charge in [0, 0.05) is 29.3 Å². The number of methoxy groups -OCH3 is 1. The zero-order valence-corrected chi connectivity index (χ0v) is 14.8. The molecule has 0 saturated carbocycles. The van der Waals surface area contributed by atoms with Gasteiger partial charge in [-0.2, -0.15) is 0 Å². The van der Waals surface area contributed by atoms with Crippen molar-refractivity contribution in [2.24, 2.45) is 16.1 Å². The number of hydrogen-bond acceptors (Lipinski definition) is 5. The predicted molar refractivity (Wildman–Crippen MR) is 98.5 cm³/mol. The summed E-state index contributed by atoms with van der Waals surface area (Å²) in [6, 6.07) is 12.6. The second-order valence-corrected chi connectivity index (χ2v) is 7.83. The quantitative estimate of drug-likeness (QED) is 0.913. The van der Waals surface area contributed by atoms with E-state index in [0.29, 0.717) is 11.0 Å². The Balaban J connectivity index is 1.97. The molecular formula is C19H21N3OS. The Bertz CT molecular complexity index is 808. The highest BCUT2D eigenvalue weighted by atomic mass is 32.2. The lowest BCUT2D eigenvalue weighted by molar-refractivity contribution is 0.151. The summed E-state index contributed by atoms with van der Waals surface area (Å²) in [6.07, 6.45) is 3.55. The maximum Gasteiger partial charge on any atom is 0.216 e. The first-order valence-corrected chi connectivity index (χ1v) is 9.11. The van der Waals surface area contributed by atoms with E-state index in [1.165, 1.54) is 11.1 Å². The zero-order chi connectivity index (χ0) is 16.8. The van der Waals surface area contributed by atoms with E-state index in [-0.39, 0.29) is 11.0 Å². The number of aromatic nitrogens is 1. The molecule has 124 valence electrons. The van der Waals surface area contributed by atoms with Gasteiger partial charge in [-0.05, 0) is 23.6 Å². The molecule has 0 fully saturated rings. The molecule has 0 saturated heterocycles. The summed E-state index contributed by atoms with van der Waals surface area (Å²) >= 11 is 1.66. The molecule has 1 aromatic heterocycles. The lowest BCUT2D eigenvalue weighted by Crippen LogP contribution is -2.53. The number of pyridine rings is 1. The second-order valence-electron chi connectivity index (χ2n) is 6.84. The van der Waals surface area contributed by atoms with Gasteiger partial charge in [-0.25, -0.2) is 4.98 Å². The van der Waals surface area contributed by atoms with E-state index in [0.717, 1.165) is 24.2 Å². The first kappa shape index (κ1) is 15.5. The molecule has 2 aromatic rings. The molecule has 4 rings (SSSR count). The van der Waals surface area contributed by atoms with Crippen LogP contribution >= 0.6 is 11.8 Å². The first-order chi connectivity index (χ1) is 11.6. The van der Waals surface area contributed by atoms with Crippen LogP contribution in [0.4, 0.5) is 0 Å². The molecule has 0 spiro atoms. The Morgan fingerprint density at radius 1 is 1.17 bits per heavy atom. The molecule has 24 heavy (non-hydrogen) atoms. The van der Waals surface area contributed by atoms with Crippen molar-refractivity contribution in [2.75, 3.05) is 12.9 Å². The molecule has 0 amide bonds. The summed E-state index contributed by atoms with van der Waals surface area (Å²) in [4.78, 5) is 9.43. The molecule has 1 aliphatic carbocycles. The van der Waals surface area contributed by atoms with Gasteiger partial charge in [-0.1, -0.05) is 49.0 Å². The minimum atomic E-state index is -0.368. The third kappa shape index (κ3) is 2.14. The van der Waals surface area contributed by atoms with E-state index in [1.807, 2.05) is 12.3 Å². The lowest BCUT2D eigenvalue weighted by atomic mass is 9.59. The van der Waals surface area contributed by atoms with Crippen molar-refractivity contribution in [1.29, 1.82) is 0 Å². The molecule has 0 unspecified atom stereocenters. The van der Waals surface area contributed by atoms with Gasteiger partial charge in [0.05, 0.1) is 12.6 Å². The van der Waals surface area contributed by atoms with Gasteiger partial charge in [0.15, 0.2) is 5.17 Å². The molecule has 1 aliphatic heterocycles. The highest BCUT2D eigenvalue weighted by Crippen LogP contribution is 2.56. The van der Waals surface area contributed by atoms with Crippen molar-refractivity contribution in [1.82, 2.24) is 4.98 Å². The third-order valence-corrected chi connectivity index (χ3v) is 6.58. The van der Waals surface area contributed by atoms with Crippen LogP contribution in [0.3, 0.4) is 0 Å². The van der Waals surface area contributed by atoms with Crippen LogP contribution in [0.15, 0.2) is 47.6 Å². The molecule has 2 atom stereocenters. The van der Waals surface area contributed by atoms with Crippen LogP contribution in [0.2, 0.25) is 0 Å². The smallest absolute Gasteiger partial charge is 0.216 e. The van der Waals surface area contributed by atoms with Gasteiger partial charge in [0.2, 0.25) is 5.88 Å². The molecule has 0 bridgehead atoms. The fourth-order valence-electron chi connectivity index (χ4n) is 4.10. The number of benzene rings is 1. The molecular weight excluding hydrogens is 318 g/mol. The van der Waals surface area contributed by atoms with E-state index < -0.39 is 0 Å². The van der Waals surface area contributed by atoms with Gasteiger partial charge in [0.25, 0.3) is 0 Å². The average Bonchev–Trinajstić information content (AvgIpc) is 2.60. The van der Waals surface area contributed by atoms with Crippen molar-refractivity contribution in [3.63, 3.8) is 0 Å². The van der Waals surface area contributed by atoms with E-state index in [9.17, 15) is 0 Å². The maximum atomic E-state index is 6.18. The molecule has 1 aromatic carbocycles. The second kappa shape index (κ2) is 5.52. The number of nitrogens with zero attached hydrogens (tertiary/aromatic N) is 2. The normalized spacial score (nSPS) is 28.5. The van der Waals surface area contributed by atoms with Crippen LogP contribution in [-0.2, 0) is 18.4 Å². The number of thioether (sulfide) groups is 1. The van der Waals surface area contributed by atoms with Gasteiger partial charge >= 0.3 is 0 Å². The predicted octanol–water partition coefficient (Wildman–Crippen LogP) is 3.15. The van der Waals surface area contributed by atoms with Gasteiger partial charge in [-0.15, -0.1) is 0 Å². The SMILES string of the molecule is COc1nccc2c1C[C@]1(c3ccccc3)N=C(N)SC[C@]1(C)C2. The van der Waals surface area contributed by atoms with Crippen molar-refractivity contribution < 1.29 is 4.74 Å². The van der Waals surface area contributed by atoms with Crippen LogP contribution in [0, 0.1) is 5.41 Å². The average molecular weight is 339 g/mol. The number of nitrogens with two attached hydrogens (primary N) is 1. The third-order valence-electron chi connectivity index (χ3n) is 5.41. The number of fused-ring (bicyclic) bond motifs is 2. The Morgan fingerprint density at radius 3 is 2.71 bits per heavy atom. The van der Waals surface area contributed by atoms with E-state index >= 15 is 0 Å². The van der Waals surface area contributed by atoms with E-state index in [2.05, 4.69) is 42.2 Å². The molecule has 5 heteroatoms. The van der Waals surface area contributed by atoms with E-state index in [1.54, 1.807) is 18.9 Å². The Morgan fingerprint density at radius 2 is 1.96 bits per heavy atom. The zero-order valence-electron chi connectivity index (χ0n) is 14.0. The highest BCUT2D eigenvalue weighted by Gasteiger charge is 2.55. The Labute approximate surface area is 146 Å². The highest BCUT2D eigenvalue weighted by molar-refractivity contribution is 8.13. The van der Waals surface area contributed by atoms with Crippen molar-refractivity contribution >= 4 is 16.9 Å². The molecule has 0 radical (unpaired) electrons. The van der Waals surface area contributed by atoms with Crippen LogP contribution in [0.25, 0.3) is 0 Å². The number of rotatable bonds is 2. The summed E-state index contributed by atoms with van der Waals surface area (Å²) in [5, 5.41) is 0.669. The minimum Gasteiger partial charge on any atom is -0.481 e. The lowest BCUT2D eigenvalue weighted by Gasteiger charge is -2.52. The minimum absolute atomic E-state index is 0.00124. The summed E-state index contributed by atoms with van der Waals surface area (Å²) in [5.41, 5.74) is 9.50. The molecule has 4 nitrogen and oxygen atoms in total. The Hall–Kier alpha value is -2.01. The topological polar surface area (TPSA) is 60.5 Å². The van der Waals surface area contributed by atoms with Crippen molar-refractivity contribution in [3.8, 4) is 5.88 Å². The van der Waals surface area contributed by atoms with Crippen LogP contribution in [0.1, 0.15) is 23.6 Å². The fourth-order valence-corrected chi connectivity index (χ4v) is 5.13. The fraction of sp³-hybridized carbons (Fsp3) is 0.368. The van der Waals surface area contributed by atoms with Gasteiger partial charge < -0.3 is 10.5 Å². The van der Waals surface area contributed by atoms with E-state index in [4.69, 9.17) is 15.5 Å². The number of aliphatic imine (C=N–C) groups is 1. The van der Waals surface area contributed by atoms with Gasteiger partial charge in [0.1, 0.15) is 0 Å².